The fourth-order valence-electron chi connectivity index (χ4n) is 0.937. The molecule has 3 nitrogen and oxygen atoms in total. The van der Waals surface area contributed by atoms with Gasteiger partial charge in [-0.3, -0.25) is 9.78 Å². The Labute approximate surface area is 84.0 Å². The first-order valence-electron chi connectivity index (χ1n) is 3.43. The van der Waals surface area contributed by atoms with Crippen molar-refractivity contribution < 1.29 is 9.90 Å². The number of aliphatic carboxylic acids is 1. The summed E-state index contributed by atoms with van der Waals surface area (Å²) in [7, 11) is 0. The van der Waals surface area contributed by atoms with Crippen molar-refractivity contribution in [3.05, 3.63) is 27.1 Å². The van der Waals surface area contributed by atoms with Crippen molar-refractivity contribution in [1.29, 1.82) is 0 Å². The second-order valence-corrected chi connectivity index (χ2v) is 3.73. The minimum Gasteiger partial charge on any atom is -0.481 e. The highest BCUT2D eigenvalue weighted by Gasteiger charge is 2.02. The first-order chi connectivity index (χ1) is 5.58. The van der Waals surface area contributed by atoms with Gasteiger partial charge in [-0.05, 0) is 41.6 Å². The number of carboxylic acid groups (broad SMARTS) is 1. The maximum absolute atomic E-state index is 10.3. The number of halogens is 1. The van der Waals surface area contributed by atoms with Crippen LogP contribution in [-0.4, -0.2) is 16.1 Å². The number of rotatable bonds is 2. The summed E-state index contributed by atoms with van der Waals surface area (Å²) in [5, 5.41) is 8.51. The van der Waals surface area contributed by atoms with E-state index in [4.69, 9.17) is 5.11 Å². The summed E-state index contributed by atoms with van der Waals surface area (Å²) < 4.78 is 1.02. The van der Waals surface area contributed by atoms with Crippen LogP contribution in [0.25, 0.3) is 0 Å². The number of hydrogen-bond acceptors (Lipinski definition) is 2. The number of hydrogen-bond donors (Lipinski definition) is 1. The molecule has 1 heterocycles. The van der Waals surface area contributed by atoms with E-state index in [9.17, 15) is 4.79 Å². The molecule has 1 aromatic heterocycles. The van der Waals surface area contributed by atoms with E-state index in [1.54, 1.807) is 6.07 Å². The first kappa shape index (κ1) is 9.44. The molecule has 4 heteroatoms. The molecule has 0 spiro atoms. The zero-order chi connectivity index (χ0) is 9.14. The number of carbonyl (C=O) groups is 1. The molecule has 0 aliphatic rings. The summed E-state index contributed by atoms with van der Waals surface area (Å²) in [6.45, 7) is 1.85. The Bertz CT molecular complexity index is 292. The van der Waals surface area contributed by atoms with Gasteiger partial charge in [0.2, 0.25) is 0 Å². The predicted octanol–water partition coefficient (Wildman–Crippen LogP) is 1.62. The Balaban J connectivity index is 2.93. The Morgan fingerprint density at radius 3 is 2.83 bits per heavy atom. The second kappa shape index (κ2) is 3.84. The van der Waals surface area contributed by atoms with Gasteiger partial charge in [0, 0.05) is 9.26 Å². The fraction of sp³-hybridized carbons (Fsp3) is 0.250. The summed E-state index contributed by atoms with van der Waals surface area (Å²) in [5.74, 6) is -0.844. The van der Waals surface area contributed by atoms with Crippen molar-refractivity contribution in [3.8, 4) is 0 Å². The van der Waals surface area contributed by atoms with Crippen LogP contribution >= 0.6 is 22.6 Å². The quantitative estimate of drug-likeness (QED) is 0.836. The number of aryl methyl sites for hydroxylation is 1. The van der Waals surface area contributed by atoms with E-state index < -0.39 is 5.97 Å². The van der Waals surface area contributed by atoms with E-state index in [1.165, 1.54) is 0 Å². The highest BCUT2D eigenvalue weighted by atomic mass is 127. The molecule has 12 heavy (non-hydrogen) atoms. The minimum absolute atomic E-state index is 0.00230. The Hall–Kier alpha value is -0.650. The van der Waals surface area contributed by atoms with Gasteiger partial charge in [-0.15, -0.1) is 0 Å². The van der Waals surface area contributed by atoms with Crippen LogP contribution in [0.3, 0.4) is 0 Å². The highest BCUT2D eigenvalue weighted by Crippen LogP contribution is 2.08. The summed E-state index contributed by atoms with van der Waals surface area (Å²) in [5.41, 5.74) is 1.48. The molecular weight excluding hydrogens is 269 g/mol. The molecule has 0 fully saturated rings. The smallest absolute Gasteiger partial charge is 0.309 e. The summed E-state index contributed by atoms with van der Waals surface area (Å²) in [6.07, 6.45) is -0.00230. The largest absolute Gasteiger partial charge is 0.481 e. The Kier molecular flexibility index (Phi) is 3.02. The van der Waals surface area contributed by atoms with Crippen LogP contribution in [0.15, 0.2) is 12.1 Å². The lowest BCUT2D eigenvalue weighted by Crippen LogP contribution is -2.03. The lowest BCUT2D eigenvalue weighted by molar-refractivity contribution is -0.136. The van der Waals surface area contributed by atoms with E-state index in [0.29, 0.717) is 5.69 Å². The third-order valence-electron chi connectivity index (χ3n) is 1.30. The minimum atomic E-state index is -0.844. The van der Waals surface area contributed by atoms with Crippen LogP contribution in [0.4, 0.5) is 0 Å². The van der Waals surface area contributed by atoms with Crippen LogP contribution in [-0.2, 0) is 11.2 Å². The predicted molar refractivity (Wildman–Crippen MR) is 53.0 cm³/mol. The molecule has 0 aliphatic carbocycles. The normalized spacial score (nSPS) is 9.83. The third kappa shape index (κ3) is 2.77. The topological polar surface area (TPSA) is 50.2 Å². The molecule has 1 aromatic rings. The van der Waals surface area contributed by atoms with Crippen molar-refractivity contribution in [2.45, 2.75) is 13.3 Å². The van der Waals surface area contributed by atoms with E-state index in [0.717, 1.165) is 9.26 Å². The highest BCUT2D eigenvalue weighted by molar-refractivity contribution is 14.1. The van der Waals surface area contributed by atoms with Gasteiger partial charge in [0.05, 0.1) is 12.1 Å². The maximum atomic E-state index is 10.3. The number of nitrogens with zero attached hydrogens (tertiary/aromatic N) is 1. The van der Waals surface area contributed by atoms with E-state index in [1.807, 2.05) is 13.0 Å². The van der Waals surface area contributed by atoms with Crippen LogP contribution in [0.5, 0.6) is 0 Å². The molecule has 64 valence electrons. The van der Waals surface area contributed by atoms with Gasteiger partial charge in [0.1, 0.15) is 0 Å². The zero-order valence-corrected chi connectivity index (χ0v) is 8.70. The molecule has 0 aliphatic heterocycles. The van der Waals surface area contributed by atoms with Gasteiger partial charge >= 0.3 is 5.97 Å². The number of carboxylic acids is 1. The lowest BCUT2D eigenvalue weighted by atomic mass is 10.2. The summed E-state index contributed by atoms with van der Waals surface area (Å²) >= 11 is 2.14. The maximum Gasteiger partial charge on any atom is 0.309 e. The lowest BCUT2D eigenvalue weighted by Gasteiger charge is -1.99. The molecular formula is C8H8INO2. The van der Waals surface area contributed by atoms with Gasteiger partial charge in [0.15, 0.2) is 0 Å². The van der Waals surface area contributed by atoms with E-state index in [2.05, 4.69) is 27.6 Å². The van der Waals surface area contributed by atoms with Gasteiger partial charge in [-0.25, -0.2) is 0 Å². The van der Waals surface area contributed by atoms with Gasteiger partial charge in [0.25, 0.3) is 0 Å². The van der Waals surface area contributed by atoms with Crippen molar-refractivity contribution in [2.24, 2.45) is 0 Å². The van der Waals surface area contributed by atoms with E-state index in [-0.39, 0.29) is 6.42 Å². The monoisotopic (exact) mass is 277 g/mol. The standard InChI is InChI=1S/C8H8INO2/c1-5-2-6(9)3-7(10-5)4-8(11)12/h2-3H,4H2,1H3,(H,11,12). The molecule has 1 rings (SSSR count). The number of pyridine rings is 1. The van der Waals surface area contributed by atoms with Crippen LogP contribution in [0.2, 0.25) is 0 Å². The first-order valence-corrected chi connectivity index (χ1v) is 4.50. The molecule has 0 saturated carbocycles. The SMILES string of the molecule is Cc1cc(I)cc(CC(=O)O)n1. The summed E-state index contributed by atoms with van der Waals surface area (Å²) in [4.78, 5) is 14.4. The summed E-state index contributed by atoms with van der Waals surface area (Å²) in [6, 6.07) is 3.69. The van der Waals surface area contributed by atoms with Crippen molar-refractivity contribution in [3.63, 3.8) is 0 Å². The second-order valence-electron chi connectivity index (χ2n) is 2.49. The molecule has 0 unspecified atom stereocenters. The van der Waals surface area contributed by atoms with Gasteiger partial charge < -0.3 is 5.11 Å². The molecule has 0 bridgehead atoms. The zero-order valence-electron chi connectivity index (χ0n) is 6.54. The third-order valence-corrected chi connectivity index (χ3v) is 1.93. The number of aromatic nitrogens is 1. The van der Waals surface area contributed by atoms with Crippen LogP contribution < -0.4 is 0 Å². The fourth-order valence-corrected chi connectivity index (χ4v) is 1.75. The van der Waals surface area contributed by atoms with Crippen molar-refractivity contribution >= 4 is 28.6 Å². The molecule has 1 N–H and O–H groups in total. The van der Waals surface area contributed by atoms with Gasteiger partial charge in [-0.1, -0.05) is 0 Å². The van der Waals surface area contributed by atoms with Gasteiger partial charge in [-0.2, -0.15) is 0 Å². The average molecular weight is 277 g/mol. The molecule has 0 saturated heterocycles. The Morgan fingerprint density at radius 2 is 2.33 bits per heavy atom. The molecule has 0 amide bonds. The average Bonchev–Trinajstić information content (AvgIpc) is 1.81. The van der Waals surface area contributed by atoms with Crippen LogP contribution in [0, 0.1) is 10.5 Å². The van der Waals surface area contributed by atoms with Crippen molar-refractivity contribution in [1.82, 2.24) is 4.98 Å². The molecule has 0 aromatic carbocycles. The Morgan fingerprint density at radius 1 is 1.67 bits per heavy atom. The molecule has 0 radical (unpaired) electrons. The van der Waals surface area contributed by atoms with Crippen LogP contribution in [0.1, 0.15) is 11.4 Å². The van der Waals surface area contributed by atoms with Crippen molar-refractivity contribution in [2.75, 3.05) is 0 Å². The molecule has 0 atom stereocenters. The van der Waals surface area contributed by atoms with E-state index >= 15 is 0 Å².